The molecule has 5 nitrogen and oxygen atoms in total. The van der Waals surface area contributed by atoms with Crippen molar-refractivity contribution in [2.45, 2.75) is 19.4 Å². The van der Waals surface area contributed by atoms with Gasteiger partial charge in [-0.2, -0.15) is 0 Å². The number of ether oxygens (including phenoxy) is 2. The summed E-state index contributed by atoms with van der Waals surface area (Å²) in [5.41, 5.74) is -0.156. The zero-order chi connectivity index (χ0) is 12.0. The predicted molar refractivity (Wildman–Crippen MR) is 61.4 cm³/mol. The predicted octanol–water partition coefficient (Wildman–Crippen LogP) is -0.140. The van der Waals surface area contributed by atoms with Gasteiger partial charge in [0, 0.05) is 33.3 Å². The van der Waals surface area contributed by atoms with Crippen LogP contribution < -0.4 is 5.32 Å². The maximum Gasteiger partial charge on any atom is 0.248 e. The summed E-state index contributed by atoms with van der Waals surface area (Å²) in [5, 5.41) is 3.13. The van der Waals surface area contributed by atoms with Gasteiger partial charge < -0.3 is 19.7 Å². The number of hydrogen-bond donors (Lipinski definition) is 1. The van der Waals surface area contributed by atoms with Gasteiger partial charge >= 0.3 is 0 Å². The van der Waals surface area contributed by atoms with Crippen molar-refractivity contribution in [3.05, 3.63) is 0 Å². The molecule has 0 aromatic heterocycles. The van der Waals surface area contributed by atoms with Crippen molar-refractivity contribution in [3.63, 3.8) is 0 Å². The van der Waals surface area contributed by atoms with Crippen LogP contribution in [0, 0.1) is 0 Å². The van der Waals surface area contributed by atoms with Crippen LogP contribution in [-0.2, 0) is 14.3 Å². The molecule has 1 rings (SSSR count). The minimum Gasteiger partial charge on any atom is -0.383 e. The molecule has 94 valence electrons. The molecule has 0 unspecified atom stereocenters. The number of likely N-dealkylation sites (N-methyl/N-ethyl adjacent to an activating group) is 1. The van der Waals surface area contributed by atoms with Gasteiger partial charge in [0.05, 0.1) is 12.2 Å². The Morgan fingerprint density at radius 1 is 1.50 bits per heavy atom. The summed E-state index contributed by atoms with van der Waals surface area (Å²) in [5.74, 6) is 0.0349. The van der Waals surface area contributed by atoms with Gasteiger partial charge in [0.25, 0.3) is 0 Å². The number of nitrogens with one attached hydrogen (secondary N) is 1. The third kappa shape index (κ3) is 3.73. The van der Waals surface area contributed by atoms with Gasteiger partial charge in [0.15, 0.2) is 0 Å². The number of hydrogen-bond acceptors (Lipinski definition) is 4. The average molecular weight is 230 g/mol. The first kappa shape index (κ1) is 13.4. The lowest BCUT2D eigenvalue weighted by Gasteiger charge is -2.39. The van der Waals surface area contributed by atoms with Crippen LogP contribution in [0.4, 0.5) is 0 Å². The van der Waals surface area contributed by atoms with Crippen LogP contribution in [0.5, 0.6) is 0 Å². The Kier molecular flexibility index (Phi) is 5.18. The minimum absolute atomic E-state index is 0.0349. The van der Waals surface area contributed by atoms with Crippen LogP contribution in [0.15, 0.2) is 0 Å². The summed E-state index contributed by atoms with van der Waals surface area (Å²) in [7, 11) is 1.63. The molecule has 0 aromatic carbocycles. The van der Waals surface area contributed by atoms with E-state index in [1.165, 1.54) is 0 Å². The Morgan fingerprint density at radius 3 is 2.62 bits per heavy atom. The van der Waals surface area contributed by atoms with Crippen LogP contribution >= 0.6 is 0 Å². The van der Waals surface area contributed by atoms with Gasteiger partial charge in [-0.1, -0.05) is 0 Å². The number of carbonyl (C=O) groups excluding carboxylic acids is 1. The highest BCUT2D eigenvalue weighted by Gasteiger charge is 2.33. The second kappa shape index (κ2) is 6.18. The maximum absolute atomic E-state index is 11.8. The minimum atomic E-state index is -0.156. The molecule has 1 saturated heterocycles. The number of amides is 1. The fraction of sp³-hybridized carbons (Fsp3) is 0.909. The van der Waals surface area contributed by atoms with Crippen molar-refractivity contribution in [2.24, 2.45) is 0 Å². The molecule has 1 heterocycles. The molecule has 1 fully saturated rings. The number of methoxy groups -OCH3 is 1. The Balaban J connectivity index is 2.25. The molecule has 1 aliphatic rings. The van der Waals surface area contributed by atoms with Crippen LogP contribution in [0.25, 0.3) is 0 Å². The lowest BCUT2D eigenvalue weighted by atomic mass is 10.0. The molecule has 0 spiro atoms. The third-order valence-electron chi connectivity index (χ3n) is 2.84. The van der Waals surface area contributed by atoms with Crippen molar-refractivity contribution < 1.29 is 14.3 Å². The zero-order valence-electron chi connectivity index (χ0n) is 10.4. The first-order chi connectivity index (χ1) is 7.61. The molecule has 0 bridgehead atoms. The molecule has 0 aliphatic carbocycles. The van der Waals surface area contributed by atoms with E-state index in [4.69, 9.17) is 9.47 Å². The van der Waals surface area contributed by atoms with E-state index in [1.54, 1.807) is 12.0 Å². The lowest BCUT2D eigenvalue weighted by Crippen LogP contribution is -2.59. The molecule has 1 amide bonds. The van der Waals surface area contributed by atoms with Crippen LogP contribution in [0.2, 0.25) is 0 Å². The topological polar surface area (TPSA) is 50.8 Å². The first-order valence-electron chi connectivity index (χ1n) is 5.72. The third-order valence-corrected chi connectivity index (χ3v) is 2.84. The molecule has 0 radical (unpaired) electrons. The molecule has 1 aliphatic heterocycles. The van der Waals surface area contributed by atoms with Gasteiger partial charge in [0.1, 0.15) is 6.61 Å². The van der Waals surface area contributed by atoms with Gasteiger partial charge in [-0.15, -0.1) is 0 Å². The smallest absolute Gasteiger partial charge is 0.248 e. The van der Waals surface area contributed by atoms with Crippen LogP contribution in [0.3, 0.4) is 0 Å². The fourth-order valence-electron chi connectivity index (χ4n) is 1.57. The van der Waals surface area contributed by atoms with Crippen molar-refractivity contribution in [2.75, 3.05) is 46.5 Å². The molecule has 0 saturated carbocycles. The van der Waals surface area contributed by atoms with E-state index in [0.29, 0.717) is 19.7 Å². The van der Waals surface area contributed by atoms with Crippen molar-refractivity contribution >= 4 is 5.91 Å². The van der Waals surface area contributed by atoms with Gasteiger partial charge in [-0.25, -0.2) is 0 Å². The molecular weight excluding hydrogens is 208 g/mol. The highest BCUT2D eigenvalue weighted by atomic mass is 16.5. The highest BCUT2D eigenvalue weighted by Crippen LogP contribution is 2.14. The first-order valence-corrected chi connectivity index (χ1v) is 5.72. The summed E-state index contributed by atoms with van der Waals surface area (Å²) in [4.78, 5) is 13.5. The summed E-state index contributed by atoms with van der Waals surface area (Å²) in [6.45, 7) is 7.68. The summed E-state index contributed by atoms with van der Waals surface area (Å²) < 4.78 is 10.6. The van der Waals surface area contributed by atoms with E-state index >= 15 is 0 Å². The van der Waals surface area contributed by atoms with E-state index < -0.39 is 0 Å². The van der Waals surface area contributed by atoms with E-state index in [0.717, 1.165) is 13.1 Å². The zero-order valence-corrected chi connectivity index (χ0v) is 10.4. The lowest BCUT2D eigenvalue weighted by molar-refractivity contribution is -0.146. The molecule has 16 heavy (non-hydrogen) atoms. The van der Waals surface area contributed by atoms with E-state index in [-0.39, 0.29) is 18.1 Å². The second-order valence-corrected chi connectivity index (χ2v) is 4.31. The molecule has 1 N–H and O–H groups in total. The molecule has 0 atom stereocenters. The second-order valence-electron chi connectivity index (χ2n) is 4.31. The average Bonchev–Trinajstić information content (AvgIpc) is 2.24. The monoisotopic (exact) mass is 230 g/mol. The van der Waals surface area contributed by atoms with Gasteiger partial charge in [-0.3, -0.25) is 4.79 Å². The van der Waals surface area contributed by atoms with E-state index in [2.05, 4.69) is 5.32 Å². The highest BCUT2D eigenvalue weighted by molar-refractivity contribution is 5.77. The molecule has 0 aromatic rings. The quantitative estimate of drug-likeness (QED) is 0.661. The Morgan fingerprint density at radius 2 is 2.19 bits per heavy atom. The number of carbonyl (C=O) groups is 1. The summed E-state index contributed by atoms with van der Waals surface area (Å²) >= 11 is 0. The van der Waals surface area contributed by atoms with Crippen molar-refractivity contribution in [3.8, 4) is 0 Å². The van der Waals surface area contributed by atoms with Gasteiger partial charge in [-0.05, 0) is 13.8 Å². The van der Waals surface area contributed by atoms with Crippen LogP contribution in [0.1, 0.15) is 13.8 Å². The Labute approximate surface area is 97.1 Å². The molecule has 5 heteroatoms. The number of rotatable bonds is 7. The summed E-state index contributed by atoms with van der Waals surface area (Å²) in [6, 6.07) is 0. The van der Waals surface area contributed by atoms with Crippen molar-refractivity contribution in [1.29, 1.82) is 0 Å². The standard InChI is InChI=1S/C11H22N2O3/c1-4-13(5-6-15-3)10(14)7-16-11(2)8-12-9-11/h12H,4-9H2,1-3H3. The van der Waals surface area contributed by atoms with Crippen molar-refractivity contribution in [1.82, 2.24) is 10.2 Å². The number of nitrogens with zero attached hydrogens (tertiary/aromatic N) is 1. The van der Waals surface area contributed by atoms with E-state index in [1.807, 2.05) is 13.8 Å². The normalized spacial score (nSPS) is 17.9. The van der Waals surface area contributed by atoms with Gasteiger partial charge in [0.2, 0.25) is 5.91 Å². The fourth-order valence-corrected chi connectivity index (χ4v) is 1.57. The summed E-state index contributed by atoms with van der Waals surface area (Å²) in [6.07, 6.45) is 0. The molecular formula is C11H22N2O3. The largest absolute Gasteiger partial charge is 0.383 e. The Bertz CT molecular complexity index is 229. The van der Waals surface area contributed by atoms with E-state index in [9.17, 15) is 4.79 Å². The Hall–Kier alpha value is -0.650. The SMILES string of the molecule is CCN(CCOC)C(=O)COC1(C)CNC1. The maximum atomic E-state index is 11.8. The van der Waals surface area contributed by atoms with Crippen LogP contribution in [-0.4, -0.2) is 62.9 Å².